The maximum absolute atomic E-state index is 12.6. The van der Waals surface area contributed by atoms with Crippen LogP contribution in [0.1, 0.15) is 17.0 Å². The number of hydrogen-bond acceptors (Lipinski definition) is 3. The van der Waals surface area contributed by atoms with Crippen molar-refractivity contribution in [3.8, 4) is 11.4 Å². The van der Waals surface area contributed by atoms with Crippen molar-refractivity contribution < 1.29 is 4.79 Å². The van der Waals surface area contributed by atoms with Crippen molar-refractivity contribution in [1.82, 2.24) is 19.6 Å². The number of benzene rings is 2. The molecule has 0 saturated heterocycles. The molecule has 4 aromatic rings. The monoisotopic (exact) mass is 371 g/mol. The van der Waals surface area contributed by atoms with Crippen molar-refractivity contribution in [3.63, 3.8) is 0 Å². The first kappa shape index (κ1) is 17.7. The van der Waals surface area contributed by atoms with Gasteiger partial charge in [0.15, 0.2) is 0 Å². The Morgan fingerprint density at radius 3 is 2.39 bits per heavy atom. The van der Waals surface area contributed by atoms with Crippen molar-refractivity contribution in [2.24, 2.45) is 0 Å². The van der Waals surface area contributed by atoms with E-state index < -0.39 is 0 Å². The number of amides is 1. The van der Waals surface area contributed by atoms with Crippen molar-refractivity contribution in [1.29, 1.82) is 0 Å². The van der Waals surface area contributed by atoms with E-state index in [9.17, 15) is 4.79 Å². The van der Waals surface area contributed by atoms with Crippen molar-refractivity contribution in [2.45, 2.75) is 20.3 Å². The third-order valence-corrected chi connectivity index (χ3v) is 4.70. The molecular weight excluding hydrogens is 350 g/mol. The Morgan fingerprint density at radius 2 is 1.71 bits per heavy atom. The topological polar surface area (TPSA) is 64.7 Å². The lowest BCUT2D eigenvalue weighted by atomic mass is 10.1. The molecule has 0 atom stereocenters. The smallest absolute Gasteiger partial charge is 0.228 e. The Kier molecular flexibility index (Phi) is 4.76. The molecule has 0 unspecified atom stereocenters. The summed E-state index contributed by atoms with van der Waals surface area (Å²) >= 11 is 0. The molecule has 1 amide bonds. The predicted molar refractivity (Wildman–Crippen MR) is 109 cm³/mol. The number of aromatic nitrogens is 4. The number of nitrogens with one attached hydrogen (secondary N) is 1. The summed E-state index contributed by atoms with van der Waals surface area (Å²) in [5.41, 5.74) is 5.49. The molecule has 2 aromatic heterocycles. The van der Waals surface area contributed by atoms with Gasteiger partial charge in [-0.25, -0.2) is 9.36 Å². The number of aryl methyl sites for hydroxylation is 1. The average Bonchev–Trinajstić information content (AvgIpc) is 3.34. The van der Waals surface area contributed by atoms with Gasteiger partial charge in [0.1, 0.15) is 0 Å². The molecule has 0 aliphatic carbocycles. The summed E-state index contributed by atoms with van der Waals surface area (Å²) in [6.07, 6.45) is 3.89. The molecule has 0 fully saturated rings. The van der Waals surface area contributed by atoms with Gasteiger partial charge in [-0.2, -0.15) is 10.2 Å². The molecule has 0 spiro atoms. The Balaban J connectivity index is 1.48. The summed E-state index contributed by atoms with van der Waals surface area (Å²) in [4.78, 5) is 12.6. The third-order valence-electron chi connectivity index (χ3n) is 4.70. The van der Waals surface area contributed by atoms with Crippen LogP contribution in [0, 0.1) is 13.8 Å². The fourth-order valence-electron chi connectivity index (χ4n) is 3.24. The highest BCUT2D eigenvalue weighted by molar-refractivity contribution is 5.92. The van der Waals surface area contributed by atoms with E-state index in [4.69, 9.17) is 0 Å². The highest BCUT2D eigenvalue weighted by Gasteiger charge is 2.16. The molecule has 0 radical (unpaired) electrons. The summed E-state index contributed by atoms with van der Waals surface area (Å²) < 4.78 is 3.66. The third kappa shape index (κ3) is 3.57. The quantitative estimate of drug-likeness (QED) is 0.579. The Hall–Kier alpha value is -3.67. The van der Waals surface area contributed by atoms with Crippen LogP contribution in [0.5, 0.6) is 0 Å². The summed E-state index contributed by atoms with van der Waals surface area (Å²) in [5, 5.41) is 11.8. The zero-order valence-electron chi connectivity index (χ0n) is 15.8. The zero-order chi connectivity index (χ0) is 19.5. The predicted octanol–water partition coefficient (Wildman–Crippen LogP) is 3.86. The van der Waals surface area contributed by atoms with Gasteiger partial charge in [0, 0.05) is 29.3 Å². The van der Waals surface area contributed by atoms with Crippen molar-refractivity contribution >= 4 is 11.6 Å². The van der Waals surface area contributed by atoms with Crippen LogP contribution in [-0.2, 0) is 11.2 Å². The van der Waals surface area contributed by atoms with Crippen molar-refractivity contribution in [3.05, 3.63) is 90.0 Å². The lowest BCUT2D eigenvalue weighted by Gasteiger charge is -2.08. The van der Waals surface area contributed by atoms with Gasteiger partial charge >= 0.3 is 0 Å². The normalized spacial score (nSPS) is 10.8. The van der Waals surface area contributed by atoms with E-state index in [-0.39, 0.29) is 12.3 Å². The summed E-state index contributed by atoms with van der Waals surface area (Å²) in [6, 6.07) is 19.4. The van der Waals surface area contributed by atoms with Gasteiger partial charge in [-0.3, -0.25) is 4.79 Å². The number of rotatable bonds is 5. The largest absolute Gasteiger partial charge is 0.326 e. The molecule has 2 aromatic carbocycles. The molecule has 0 aliphatic heterocycles. The maximum Gasteiger partial charge on any atom is 0.228 e. The molecule has 6 heteroatoms. The van der Waals surface area contributed by atoms with Crippen LogP contribution in [0.2, 0.25) is 0 Å². The lowest BCUT2D eigenvalue weighted by Crippen LogP contribution is -2.15. The number of para-hydroxylation sites is 1. The van der Waals surface area contributed by atoms with Crippen LogP contribution < -0.4 is 5.32 Å². The number of hydrogen-bond donors (Lipinski definition) is 1. The highest BCUT2D eigenvalue weighted by Crippen LogP contribution is 2.19. The Labute approximate surface area is 163 Å². The number of carbonyl (C=O) groups is 1. The van der Waals surface area contributed by atoms with E-state index in [0.29, 0.717) is 0 Å². The van der Waals surface area contributed by atoms with Gasteiger partial charge in [0.2, 0.25) is 5.91 Å². The van der Waals surface area contributed by atoms with Gasteiger partial charge in [0.25, 0.3) is 0 Å². The molecule has 0 aliphatic rings. The van der Waals surface area contributed by atoms with Crippen LogP contribution in [0.25, 0.3) is 11.4 Å². The summed E-state index contributed by atoms with van der Waals surface area (Å²) in [6.45, 7) is 3.93. The standard InChI is InChI=1S/C22H21N5O/c1-16-21(17(2)27(25-16)20-7-4-3-5-8-20)15-22(28)24-18-9-11-19(12-10-18)26-14-6-13-23-26/h3-14H,15H2,1-2H3,(H,24,28). The van der Waals surface area contributed by atoms with Crippen LogP contribution in [0.15, 0.2) is 73.1 Å². The van der Waals surface area contributed by atoms with E-state index in [2.05, 4.69) is 15.5 Å². The van der Waals surface area contributed by atoms with Gasteiger partial charge in [-0.1, -0.05) is 18.2 Å². The SMILES string of the molecule is Cc1nn(-c2ccccc2)c(C)c1CC(=O)Nc1ccc(-n2cccn2)cc1. The maximum atomic E-state index is 12.6. The van der Waals surface area contributed by atoms with E-state index >= 15 is 0 Å². The van der Waals surface area contributed by atoms with Crippen LogP contribution >= 0.6 is 0 Å². The van der Waals surface area contributed by atoms with E-state index in [1.807, 2.05) is 85.4 Å². The molecule has 0 bridgehead atoms. The second-order valence-electron chi connectivity index (χ2n) is 6.62. The molecule has 6 nitrogen and oxygen atoms in total. The van der Waals surface area contributed by atoms with E-state index in [1.54, 1.807) is 10.9 Å². The first-order valence-electron chi connectivity index (χ1n) is 9.12. The van der Waals surface area contributed by atoms with Gasteiger partial charge in [-0.15, -0.1) is 0 Å². The summed E-state index contributed by atoms with van der Waals surface area (Å²) in [7, 11) is 0. The second-order valence-corrected chi connectivity index (χ2v) is 6.62. The van der Waals surface area contributed by atoms with Crippen molar-refractivity contribution in [2.75, 3.05) is 5.32 Å². The van der Waals surface area contributed by atoms with Crippen LogP contribution in [-0.4, -0.2) is 25.5 Å². The Bertz CT molecular complexity index is 1080. The second kappa shape index (κ2) is 7.52. The van der Waals surface area contributed by atoms with Gasteiger partial charge < -0.3 is 5.32 Å². The minimum absolute atomic E-state index is 0.0642. The molecular formula is C22H21N5O. The number of nitrogens with zero attached hydrogens (tertiary/aromatic N) is 4. The lowest BCUT2D eigenvalue weighted by molar-refractivity contribution is -0.115. The Morgan fingerprint density at radius 1 is 0.964 bits per heavy atom. The van der Waals surface area contributed by atoms with Gasteiger partial charge in [-0.05, 0) is 56.3 Å². The zero-order valence-corrected chi connectivity index (χ0v) is 15.8. The minimum Gasteiger partial charge on any atom is -0.326 e. The molecule has 140 valence electrons. The van der Waals surface area contributed by atoms with Gasteiger partial charge in [0.05, 0.1) is 23.5 Å². The molecule has 0 saturated carbocycles. The summed E-state index contributed by atoms with van der Waals surface area (Å²) in [5.74, 6) is -0.0642. The van der Waals surface area contributed by atoms with E-state index in [0.717, 1.165) is 34.0 Å². The van der Waals surface area contributed by atoms with Crippen LogP contribution in [0.3, 0.4) is 0 Å². The fraction of sp³-hybridized carbons (Fsp3) is 0.136. The number of anilines is 1. The first-order chi connectivity index (χ1) is 13.6. The molecule has 2 heterocycles. The average molecular weight is 371 g/mol. The minimum atomic E-state index is -0.0642. The first-order valence-corrected chi connectivity index (χ1v) is 9.12. The number of carbonyl (C=O) groups excluding carboxylic acids is 1. The molecule has 28 heavy (non-hydrogen) atoms. The van der Waals surface area contributed by atoms with Crippen LogP contribution in [0.4, 0.5) is 5.69 Å². The fourth-order valence-corrected chi connectivity index (χ4v) is 3.24. The molecule has 1 N–H and O–H groups in total. The highest BCUT2D eigenvalue weighted by atomic mass is 16.1. The van der Waals surface area contributed by atoms with E-state index in [1.165, 1.54) is 0 Å². The molecule has 4 rings (SSSR count).